The maximum absolute atomic E-state index is 13.1. The second-order valence-corrected chi connectivity index (χ2v) is 28.9. The number of carbonyl (C=O) groups excluding carboxylic acids is 1. The molecule has 0 aliphatic rings. The van der Waals surface area contributed by atoms with Gasteiger partial charge in [0.2, 0.25) is 5.91 Å². The van der Waals surface area contributed by atoms with Gasteiger partial charge in [0.05, 0.1) is 39.9 Å². The molecule has 1 amide bonds. The predicted molar refractivity (Wildman–Crippen MR) is 360 cm³/mol. The fourth-order valence-electron chi connectivity index (χ4n) is 12.1. The minimum atomic E-state index is -4.33. The number of nitrogens with zero attached hydrogens (tertiary/aromatic N) is 1. The van der Waals surface area contributed by atoms with E-state index in [1.165, 1.54) is 347 Å². The van der Waals surface area contributed by atoms with Crippen LogP contribution in [0.1, 0.15) is 412 Å². The summed E-state index contributed by atoms with van der Waals surface area (Å²) in [4.78, 5) is 23.5. The van der Waals surface area contributed by atoms with Gasteiger partial charge in [-0.3, -0.25) is 13.8 Å². The Kier molecular flexibility index (Phi) is 64.6. The third-order valence-corrected chi connectivity index (χ3v) is 18.8. The van der Waals surface area contributed by atoms with E-state index in [0.29, 0.717) is 23.9 Å². The van der Waals surface area contributed by atoms with Gasteiger partial charge in [0, 0.05) is 6.42 Å². The van der Waals surface area contributed by atoms with Crippen LogP contribution in [0.2, 0.25) is 0 Å². The molecule has 0 aliphatic carbocycles. The minimum Gasteiger partial charge on any atom is -0.391 e. The highest BCUT2D eigenvalue weighted by molar-refractivity contribution is 7.47. The molecule has 8 nitrogen and oxygen atoms in total. The first kappa shape index (κ1) is 81.5. The number of hydrogen-bond donors (Lipinski definition) is 3. The Balaban J connectivity index is 3.93. The van der Waals surface area contributed by atoms with E-state index in [2.05, 4.69) is 19.2 Å². The molecular formula is C73H150N2O6P+. The standard InChI is InChI=1S/C73H149N2O6P/c1-6-8-10-12-14-16-18-20-22-24-26-28-30-32-34-35-36-37-38-39-41-43-45-47-49-51-53-55-57-59-61-63-65-67-73(77)74-71(70-81-82(78,79)80-69-68-75(3,4)5)72(76)66-64-62-60-58-56-54-52-50-48-46-44-42-40-33-31-29-27-25-23-21-19-17-15-13-11-9-7-2/h71-72,76H,6-70H2,1-5H3,(H-,74,77,78,79)/p+1. The minimum absolute atomic E-state index is 0.0796. The second-order valence-electron chi connectivity index (χ2n) is 27.4. The van der Waals surface area contributed by atoms with Crippen molar-refractivity contribution < 1.29 is 32.9 Å². The van der Waals surface area contributed by atoms with E-state index in [0.717, 1.165) is 38.5 Å². The molecule has 0 aromatic rings. The summed E-state index contributed by atoms with van der Waals surface area (Å²) in [5, 5.41) is 14.2. The van der Waals surface area contributed by atoms with Crippen LogP contribution in [0.15, 0.2) is 0 Å². The van der Waals surface area contributed by atoms with Crippen LogP contribution in [-0.2, 0) is 18.4 Å². The Hall–Kier alpha value is -0.500. The van der Waals surface area contributed by atoms with Crippen molar-refractivity contribution in [3.05, 3.63) is 0 Å². The highest BCUT2D eigenvalue weighted by Crippen LogP contribution is 2.43. The quantitative estimate of drug-likeness (QED) is 0.0318. The van der Waals surface area contributed by atoms with Gasteiger partial charge in [0.15, 0.2) is 0 Å². The van der Waals surface area contributed by atoms with Gasteiger partial charge in [-0.1, -0.05) is 393 Å². The van der Waals surface area contributed by atoms with E-state index in [1.54, 1.807) is 0 Å². The number of aliphatic hydroxyl groups is 1. The fraction of sp³-hybridized carbons (Fsp3) is 0.986. The van der Waals surface area contributed by atoms with Crippen LogP contribution in [0.4, 0.5) is 0 Å². The smallest absolute Gasteiger partial charge is 0.391 e. The maximum atomic E-state index is 13.1. The Morgan fingerprint density at radius 2 is 0.585 bits per heavy atom. The van der Waals surface area contributed by atoms with E-state index in [4.69, 9.17) is 9.05 Å². The summed E-state index contributed by atoms with van der Waals surface area (Å²) in [5.41, 5.74) is 0. The number of phosphoric ester groups is 1. The first-order valence-corrected chi connectivity index (χ1v) is 38.9. The zero-order chi connectivity index (χ0) is 59.8. The van der Waals surface area contributed by atoms with Crippen molar-refractivity contribution in [1.29, 1.82) is 0 Å². The van der Waals surface area contributed by atoms with E-state index in [-0.39, 0.29) is 19.1 Å². The molecule has 0 heterocycles. The summed E-state index contributed by atoms with van der Waals surface area (Å²) >= 11 is 0. The molecule has 0 spiro atoms. The molecule has 0 aromatic heterocycles. The molecule has 0 aliphatic heterocycles. The van der Waals surface area contributed by atoms with Crippen molar-refractivity contribution in [1.82, 2.24) is 5.32 Å². The summed E-state index contributed by atoms with van der Waals surface area (Å²) in [7, 11) is 1.64. The Bertz CT molecular complexity index is 1300. The van der Waals surface area contributed by atoms with Gasteiger partial charge >= 0.3 is 7.82 Å². The van der Waals surface area contributed by atoms with E-state index in [1.807, 2.05) is 21.1 Å². The van der Waals surface area contributed by atoms with Crippen LogP contribution in [0.25, 0.3) is 0 Å². The van der Waals surface area contributed by atoms with Crippen molar-refractivity contribution in [2.24, 2.45) is 0 Å². The summed E-state index contributed by atoms with van der Waals surface area (Å²) in [6.45, 7) is 4.97. The molecule has 0 saturated carbocycles. The third-order valence-electron chi connectivity index (χ3n) is 17.9. The lowest BCUT2D eigenvalue weighted by Crippen LogP contribution is -2.46. The first-order valence-electron chi connectivity index (χ1n) is 37.4. The molecule has 0 aromatic carbocycles. The van der Waals surface area contributed by atoms with Crippen LogP contribution >= 0.6 is 7.82 Å². The SMILES string of the molecule is CCCCCCCCCCCCCCCCCCCCCCCCCCCCCCCCCCCC(=O)NC(COP(=O)(O)OCC[N+](C)(C)C)C(O)CCCCCCCCCCCCCCCCCCCCCCCCCCCCC. The molecule has 0 fully saturated rings. The highest BCUT2D eigenvalue weighted by Gasteiger charge is 2.28. The Morgan fingerprint density at radius 3 is 0.817 bits per heavy atom. The van der Waals surface area contributed by atoms with Crippen LogP contribution < -0.4 is 5.32 Å². The molecule has 0 saturated heterocycles. The Morgan fingerprint density at radius 1 is 0.366 bits per heavy atom. The fourth-order valence-corrected chi connectivity index (χ4v) is 12.8. The lowest BCUT2D eigenvalue weighted by Gasteiger charge is -2.26. The van der Waals surface area contributed by atoms with Gasteiger partial charge in [-0.15, -0.1) is 0 Å². The third kappa shape index (κ3) is 67.0. The zero-order valence-corrected chi connectivity index (χ0v) is 57.4. The van der Waals surface area contributed by atoms with Crippen LogP contribution in [-0.4, -0.2) is 73.4 Å². The normalized spacial score (nSPS) is 13.5. The average Bonchev–Trinajstić information content (AvgIpc) is 3.47. The number of amides is 1. The molecule has 3 unspecified atom stereocenters. The zero-order valence-electron chi connectivity index (χ0n) is 56.5. The van der Waals surface area contributed by atoms with Crippen LogP contribution in [0, 0.1) is 0 Å². The predicted octanol–water partition coefficient (Wildman–Crippen LogP) is 23.9. The number of nitrogens with one attached hydrogen (secondary N) is 1. The number of carbonyl (C=O) groups is 1. The second kappa shape index (κ2) is 65.0. The number of hydrogen-bond acceptors (Lipinski definition) is 5. The molecule has 9 heteroatoms. The number of phosphoric acid groups is 1. The van der Waals surface area contributed by atoms with Gasteiger partial charge in [-0.2, -0.15) is 0 Å². The molecule has 3 atom stereocenters. The number of rotatable bonds is 71. The van der Waals surface area contributed by atoms with Crippen LogP contribution in [0.3, 0.4) is 0 Å². The largest absolute Gasteiger partial charge is 0.472 e. The van der Waals surface area contributed by atoms with Crippen LogP contribution in [0.5, 0.6) is 0 Å². The first-order chi connectivity index (χ1) is 40.0. The maximum Gasteiger partial charge on any atom is 0.472 e. The molecule has 0 bridgehead atoms. The molecule has 3 N–H and O–H groups in total. The molecule has 0 rings (SSSR count). The Labute approximate surface area is 514 Å². The van der Waals surface area contributed by atoms with Gasteiger partial charge in [0.25, 0.3) is 0 Å². The van der Waals surface area contributed by atoms with Gasteiger partial charge in [-0.05, 0) is 12.8 Å². The number of quaternary nitrogens is 1. The molecular weight excluding hydrogens is 1030 g/mol. The van der Waals surface area contributed by atoms with Crippen molar-refractivity contribution in [2.75, 3.05) is 40.9 Å². The lowest BCUT2D eigenvalue weighted by molar-refractivity contribution is -0.870. The van der Waals surface area contributed by atoms with E-state index >= 15 is 0 Å². The molecule has 0 radical (unpaired) electrons. The van der Waals surface area contributed by atoms with Crippen molar-refractivity contribution in [3.63, 3.8) is 0 Å². The molecule has 82 heavy (non-hydrogen) atoms. The lowest BCUT2D eigenvalue weighted by atomic mass is 10.0. The van der Waals surface area contributed by atoms with Gasteiger partial charge in [-0.25, -0.2) is 4.57 Å². The summed E-state index contributed by atoms with van der Waals surface area (Å²) < 4.78 is 23.9. The van der Waals surface area contributed by atoms with Crippen molar-refractivity contribution in [3.8, 4) is 0 Å². The van der Waals surface area contributed by atoms with Crippen molar-refractivity contribution in [2.45, 2.75) is 424 Å². The van der Waals surface area contributed by atoms with Gasteiger partial charge < -0.3 is 19.8 Å². The summed E-state index contributed by atoms with van der Waals surface area (Å²) in [6.07, 6.45) is 82.3. The molecule has 492 valence electrons. The van der Waals surface area contributed by atoms with Crippen molar-refractivity contribution >= 4 is 13.7 Å². The highest BCUT2D eigenvalue weighted by atomic mass is 31.2. The number of likely N-dealkylation sites (N-methyl/N-ethyl adjacent to an activating group) is 1. The van der Waals surface area contributed by atoms with E-state index in [9.17, 15) is 19.4 Å². The average molecular weight is 1180 g/mol. The van der Waals surface area contributed by atoms with Gasteiger partial charge in [0.1, 0.15) is 13.2 Å². The van der Waals surface area contributed by atoms with E-state index < -0.39 is 20.0 Å². The number of aliphatic hydroxyl groups excluding tert-OH is 1. The number of unbranched alkanes of at least 4 members (excludes halogenated alkanes) is 58. The monoisotopic (exact) mass is 1180 g/mol. The summed E-state index contributed by atoms with van der Waals surface area (Å²) in [5.74, 6) is -0.132. The summed E-state index contributed by atoms with van der Waals surface area (Å²) in [6, 6.07) is -0.757. The topological polar surface area (TPSA) is 105 Å².